The van der Waals surface area contributed by atoms with Crippen LogP contribution in [0.25, 0.3) is 28.0 Å². The van der Waals surface area contributed by atoms with Gasteiger partial charge in [0.25, 0.3) is 0 Å². The monoisotopic (exact) mass is 441 g/mol. The number of rotatable bonds is 9. The van der Waals surface area contributed by atoms with Gasteiger partial charge in [-0.3, -0.25) is 4.79 Å². The Morgan fingerprint density at radius 3 is 2.39 bits per heavy atom. The topological polar surface area (TPSA) is 46.8 Å². The van der Waals surface area contributed by atoms with Gasteiger partial charge in [0.15, 0.2) is 0 Å². The fourth-order valence-electron chi connectivity index (χ4n) is 4.22. The number of aromatic nitrogens is 2. The minimum Gasteiger partial charge on any atom is -0.494 e. The summed E-state index contributed by atoms with van der Waals surface area (Å²) >= 11 is 0. The van der Waals surface area contributed by atoms with Crippen LogP contribution in [-0.2, 0) is 11.2 Å². The molecule has 1 amide bonds. The molecule has 170 valence electrons. The molecule has 0 saturated heterocycles. The van der Waals surface area contributed by atoms with Crippen molar-refractivity contribution in [3.63, 3.8) is 0 Å². The molecule has 0 radical (unpaired) electrons. The van der Waals surface area contributed by atoms with Crippen LogP contribution in [0, 0.1) is 0 Å². The van der Waals surface area contributed by atoms with E-state index in [0.29, 0.717) is 19.4 Å². The van der Waals surface area contributed by atoms with E-state index in [4.69, 9.17) is 9.72 Å². The van der Waals surface area contributed by atoms with Crippen molar-refractivity contribution in [3.8, 4) is 28.1 Å². The molecule has 4 rings (SSSR count). The first-order valence-corrected chi connectivity index (χ1v) is 11.7. The molecule has 0 aliphatic heterocycles. The van der Waals surface area contributed by atoms with Crippen molar-refractivity contribution in [1.82, 2.24) is 14.3 Å². The third-order valence-corrected chi connectivity index (χ3v) is 5.93. The van der Waals surface area contributed by atoms with Gasteiger partial charge in [-0.15, -0.1) is 0 Å². The van der Waals surface area contributed by atoms with Gasteiger partial charge in [-0.1, -0.05) is 42.5 Å². The van der Waals surface area contributed by atoms with E-state index in [9.17, 15) is 4.79 Å². The Labute approximate surface area is 195 Å². The normalized spacial score (nSPS) is 11.0. The van der Waals surface area contributed by atoms with Crippen LogP contribution in [0.3, 0.4) is 0 Å². The highest BCUT2D eigenvalue weighted by Crippen LogP contribution is 2.29. The lowest BCUT2D eigenvalue weighted by Gasteiger charge is -2.18. The number of carbonyl (C=O) groups is 1. The highest BCUT2D eigenvalue weighted by Gasteiger charge is 2.17. The molecule has 0 bridgehead atoms. The molecule has 0 aliphatic carbocycles. The second-order valence-corrected chi connectivity index (χ2v) is 7.95. The molecule has 0 fully saturated rings. The van der Waals surface area contributed by atoms with Crippen LogP contribution in [0.2, 0.25) is 0 Å². The van der Waals surface area contributed by atoms with Crippen molar-refractivity contribution in [2.45, 2.75) is 33.6 Å². The number of aryl methyl sites for hydroxylation is 1. The van der Waals surface area contributed by atoms with E-state index in [-0.39, 0.29) is 5.91 Å². The molecule has 2 aromatic carbocycles. The lowest BCUT2D eigenvalue weighted by molar-refractivity contribution is -0.130. The summed E-state index contributed by atoms with van der Waals surface area (Å²) in [5, 5.41) is 0. The number of benzene rings is 2. The van der Waals surface area contributed by atoms with Crippen molar-refractivity contribution in [2.75, 3.05) is 19.7 Å². The zero-order chi connectivity index (χ0) is 23.2. The van der Waals surface area contributed by atoms with Crippen LogP contribution in [0.15, 0.2) is 72.9 Å². The summed E-state index contributed by atoms with van der Waals surface area (Å²) in [6.45, 7) is 8.13. The maximum Gasteiger partial charge on any atom is 0.222 e. The standard InChI is InChI=1S/C28H31N3O2/c1-4-30(5-2)27(32)18-16-25-28(21-11-8-7-9-12-21)29-26-17-15-23(20-31(25)26)22-13-10-14-24(19-22)33-6-3/h7-15,17,19-20H,4-6,16,18H2,1-3H3. The molecule has 0 unspecified atom stereocenters. The molecule has 0 saturated carbocycles. The largest absolute Gasteiger partial charge is 0.494 e. The van der Waals surface area contributed by atoms with Crippen molar-refractivity contribution < 1.29 is 9.53 Å². The zero-order valence-corrected chi connectivity index (χ0v) is 19.6. The van der Waals surface area contributed by atoms with Crippen molar-refractivity contribution >= 4 is 11.6 Å². The molecular formula is C28H31N3O2. The molecule has 2 aromatic heterocycles. The van der Waals surface area contributed by atoms with E-state index in [1.54, 1.807) is 0 Å². The first-order chi connectivity index (χ1) is 16.1. The van der Waals surface area contributed by atoms with Crippen molar-refractivity contribution in [1.29, 1.82) is 0 Å². The van der Waals surface area contributed by atoms with Gasteiger partial charge in [0.1, 0.15) is 11.4 Å². The summed E-state index contributed by atoms with van der Waals surface area (Å²) in [5.74, 6) is 1.03. The van der Waals surface area contributed by atoms with Gasteiger partial charge in [-0.25, -0.2) is 4.98 Å². The molecule has 5 heteroatoms. The van der Waals surface area contributed by atoms with Gasteiger partial charge in [-0.2, -0.15) is 0 Å². The number of nitrogens with zero attached hydrogens (tertiary/aromatic N) is 3. The van der Waals surface area contributed by atoms with Gasteiger partial charge in [-0.05, 0) is 62.6 Å². The van der Waals surface area contributed by atoms with Gasteiger partial charge in [0, 0.05) is 31.3 Å². The van der Waals surface area contributed by atoms with Crippen LogP contribution >= 0.6 is 0 Å². The average Bonchev–Trinajstić information content (AvgIpc) is 3.22. The number of hydrogen-bond donors (Lipinski definition) is 0. The lowest BCUT2D eigenvalue weighted by Crippen LogP contribution is -2.30. The molecule has 2 heterocycles. The van der Waals surface area contributed by atoms with Gasteiger partial charge >= 0.3 is 0 Å². The van der Waals surface area contributed by atoms with Gasteiger partial charge in [0.2, 0.25) is 5.91 Å². The first kappa shape index (κ1) is 22.6. The molecule has 0 N–H and O–H groups in total. The highest BCUT2D eigenvalue weighted by molar-refractivity contribution is 5.77. The Balaban J connectivity index is 1.77. The molecular weight excluding hydrogens is 410 g/mol. The number of amides is 1. The maximum absolute atomic E-state index is 12.8. The van der Waals surface area contributed by atoms with E-state index in [1.165, 1.54) is 0 Å². The number of imidazole rings is 1. The number of pyridine rings is 1. The number of hydrogen-bond acceptors (Lipinski definition) is 3. The summed E-state index contributed by atoms with van der Waals surface area (Å²) in [6.07, 6.45) is 3.21. The van der Waals surface area contributed by atoms with Crippen LogP contribution in [0.1, 0.15) is 32.9 Å². The second-order valence-electron chi connectivity index (χ2n) is 7.95. The Bertz CT molecular complexity index is 1230. The quantitative estimate of drug-likeness (QED) is 0.326. The molecule has 4 aromatic rings. The fraction of sp³-hybridized carbons (Fsp3) is 0.286. The predicted molar refractivity (Wildman–Crippen MR) is 133 cm³/mol. The molecule has 33 heavy (non-hydrogen) atoms. The minimum absolute atomic E-state index is 0.175. The number of fused-ring (bicyclic) bond motifs is 1. The maximum atomic E-state index is 12.8. The van der Waals surface area contributed by atoms with Gasteiger partial charge < -0.3 is 14.0 Å². The summed E-state index contributed by atoms with van der Waals surface area (Å²) in [5.41, 5.74) is 6.10. The Kier molecular flexibility index (Phi) is 7.08. The van der Waals surface area contributed by atoms with E-state index < -0.39 is 0 Å². The van der Waals surface area contributed by atoms with E-state index in [0.717, 1.165) is 52.6 Å². The average molecular weight is 442 g/mol. The molecule has 0 spiro atoms. The fourth-order valence-corrected chi connectivity index (χ4v) is 4.22. The summed E-state index contributed by atoms with van der Waals surface area (Å²) in [7, 11) is 0. The minimum atomic E-state index is 0.175. The Hall–Kier alpha value is -3.60. The van der Waals surface area contributed by atoms with E-state index in [2.05, 4.69) is 40.9 Å². The second kappa shape index (κ2) is 10.3. The number of ether oxygens (including phenoxy) is 1. The van der Waals surface area contributed by atoms with Crippen LogP contribution < -0.4 is 4.74 Å². The van der Waals surface area contributed by atoms with E-state index >= 15 is 0 Å². The summed E-state index contributed by atoms with van der Waals surface area (Å²) < 4.78 is 7.83. The van der Waals surface area contributed by atoms with Gasteiger partial charge in [0.05, 0.1) is 18.0 Å². The Morgan fingerprint density at radius 1 is 0.909 bits per heavy atom. The third-order valence-electron chi connectivity index (χ3n) is 5.93. The molecule has 0 aliphatic rings. The van der Waals surface area contributed by atoms with Crippen LogP contribution in [0.4, 0.5) is 0 Å². The smallest absolute Gasteiger partial charge is 0.222 e. The van der Waals surface area contributed by atoms with Crippen molar-refractivity contribution in [2.24, 2.45) is 0 Å². The molecule has 0 atom stereocenters. The summed E-state index contributed by atoms with van der Waals surface area (Å²) in [4.78, 5) is 19.6. The van der Waals surface area contributed by atoms with Crippen LogP contribution in [0.5, 0.6) is 5.75 Å². The Morgan fingerprint density at radius 2 is 1.67 bits per heavy atom. The SMILES string of the molecule is CCOc1cccc(-c2ccc3nc(-c4ccccc4)c(CCC(=O)N(CC)CC)n3c2)c1. The molecule has 5 nitrogen and oxygen atoms in total. The number of carbonyl (C=O) groups excluding carboxylic acids is 1. The van der Waals surface area contributed by atoms with E-state index in [1.807, 2.05) is 62.1 Å². The third kappa shape index (κ3) is 4.92. The van der Waals surface area contributed by atoms with Crippen LogP contribution in [-0.4, -0.2) is 39.9 Å². The predicted octanol–water partition coefficient (Wildman–Crippen LogP) is 5.87. The van der Waals surface area contributed by atoms with Crippen molar-refractivity contribution in [3.05, 3.63) is 78.6 Å². The summed E-state index contributed by atoms with van der Waals surface area (Å²) in [6, 6.07) is 22.5. The zero-order valence-electron chi connectivity index (χ0n) is 19.6. The lowest BCUT2D eigenvalue weighted by atomic mass is 10.1. The first-order valence-electron chi connectivity index (χ1n) is 11.7. The highest BCUT2D eigenvalue weighted by atomic mass is 16.5.